The second kappa shape index (κ2) is 6.76. The predicted octanol–water partition coefficient (Wildman–Crippen LogP) is 4.00. The first kappa shape index (κ1) is 17.1. The molecule has 2 heterocycles. The number of fused-ring (bicyclic) bond motifs is 1. The van der Waals surface area contributed by atoms with Gasteiger partial charge in [-0.15, -0.1) is 16.4 Å². The molecule has 0 aliphatic rings. The van der Waals surface area contributed by atoms with E-state index in [9.17, 15) is 13.6 Å². The van der Waals surface area contributed by atoms with E-state index < -0.39 is 17.5 Å². The van der Waals surface area contributed by atoms with Crippen molar-refractivity contribution in [3.63, 3.8) is 0 Å². The van der Waals surface area contributed by atoms with E-state index in [4.69, 9.17) is 4.74 Å². The molecule has 136 valence electrons. The number of ether oxygens (including phenoxy) is 1. The van der Waals surface area contributed by atoms with Gasteiger partial charge in [0, 0.05) is 17.0 Å². The number of hydrogen-bond donors (Lipinski definition) is 1. The summed E-state index contributed by atoms with van der Waals surface area (Å²) >= 11 is 1.35. The molecule has 0 aliphatic carbocycles. The van der Waals surface area contributed by atoms with Crippen LogP contribution in [0.2, 0.25) is 0 Å². The van der Waals surface area contributed by atoms with Crippen molar-refractivity contribution in [2.45, 2.75) is 0 Å². The minimum absolute atomic E-state index is 0.0327. The summed E-state index contributed by atoms with van der Waals surface area (Å²) in [6.07, 6.45) is 0. The number of carbonyl (C=O) groups excluding carboxylic acids is 1. The summed E-state index contributed by atoms with van der Waals surface area (Å²) in [5.74, 6) is -1.69. The van der Waals surface area contributed by atoms with Gasteiger partial charge in [0.25, 0.3) is 11.9 Å². The van der Waals surface area contributed by atoms with Gasteiger partial charge in [-0.3, -0.25) is 10.1 Å². The maximum atomic E-state index is 13.7. The zero-order chi connectivity index (χ0) is 19.0. The number of aromatic nitrogens is 3. The number of hydrogen-bond acceptors (Lipinski definition) is 5. The Labute approximate surface area is 156 Å². The van der Waals surface area contributed by atoms with Crippen molar-refractivity contribution in [2.75, 3.05) is 12.4 Å². The number of anilines is 1. The van der Waals surface area contributed by atoms with E-state index in [1.54, 1.807) is 11.6 Å². The summed E-state index contributed by atoms with van der Waals surface area (Å²) in [7, 11) is 1.59. The van der Waals surface area contributed by atoms with Gasteiger partial charge < -0.3 is 4.74 Å². The molecule has 0 saturated heterocycles. The summed E-state index contributed by atoms with van der Waals surface area (Å²) in [4.78, 5) is 17.0. The van der Waals surface area contributed by atoms with Crippen molar-refractivity contribution in [3.05, 3.63) is 65.0 Å². The molecule has 2 aromatic carbocycles. The van der Waals surface area contributed by atoms with Crippen molar-refractivity contribution >= 4 is 28.2 Å². The van der Waals surface area contributed by atoms with Gasteiger partial charge in [0.1, 0.15) is 17.4 Å². The summed E-state index contributed by atoms with van der Waals surface area (Å²) in [6, 6.07) is 10.2. The zero-order valence-electron chi connectivity index (χ0n) is 13.9. The molecule has 0 aliphatic heterocycles. The number of nitrogens with one attached hydrogen (secondary N) is 1. The summed E-state index contributed by atoms with van der Waals surface area (Å²) in [6.45, 7) is 0. The number of halogens is 2. The van der Waals surface area contributed by atoms with Crippen molar-refractivity contribution < 1.29 is 18.3 Å². The summed E-state index contributed by atoms with van der Waals surface area (Å²) in [5, 5.41) is 8.59. The second-order valence-electron chi connectivity index (χ2n) is 5.56. The molecular formula is C18H12F2N4O2S. The van der Waals surface area contributed by atoms with Crippen LogP contribution in [-0.4, -0.2) is 27.6 Å². The van der Waals surface area contributed by atoms with Crippen LogP contribution < -0.4 is 10.1 Å². The normalized spacial score (nSPS) is 10.9. The highest BCUT2D eigenvalue weighted by atomic mass is 32.1. The monoisotopic (exact) mass is 386 g/mol. The third-order valence-electron chi connectivity index (χ3n) is 3.87. The highest BCUT2D eigenvalue weighted by molar-refractivity contribution is 7.15. The molecule has 0 saturated carbocycles. The molecule has 9 heteroatoms. The Kier molecular flexibility index (Phi) is 4.28. The number of thiazole rings is 1. The van der Waals surface area contributed by atoms with Crippen LogP contribution in [0, 0.1) is 11.6 Å². The van der Waals surface area contributed by atoms with Crippen LogP contribution in [-0.2, 0) is 0 Å². The Bertz CT molecular complexity index is 1140. The fourth-order valence-electron chi connectivity index (χ4n) is 2.54. The Balaban J connectivity index is 1.62. The van der Waals surface area contributed by atoms with E-state index in [-0.39, 0.29) is 11.5 Å². The number of nitrogens with zero attached hydrogens (tertiary/aromatic N) is 3. The van der Waals surface area contributed by atoms with Crippen LogP contribution in [0.3, 0.4) is 0 Å². The topological polar surface area (TPSA) is 68.5 Å². The molecule has 0 bridgehead atoms. The average molecular weight is 386 g/mol. The van der Waals surface area contributed by atoms with Gasteiger partial charge in [-0.25, -0.2) is 13.3 Å². The average Bonchev–Trinajstić information content (AvgIpc) is 3.21. The van der Waals surface area contributed by atoms with Crippen LogP contribution >= 0.6 is 11.3 Å². The second-order valence-corrected chi connectivity index (χ2v) is 6.39. The number of carbonyl (C=O) groups is 1. The molecule has 2 aromatic heterocycles. The third-order valence-corrected chi connectivity index (χ3v) is 4.68. The smallest absolute Gasteiger partial charge is 0.261 e. The predicted molar refractivity (Wildman–Crippen MR) is 97.2 cm³/mol. The van der Waals surface area contributed by atoms with E-state index in [1.165, 1.54) is 11.3 Å². The Hall–Kier alpha value is -3.33. The largest absolute Gasteiger partial charge is 0.497 e. The lowest BCUT2D eigenvalue weighted by atomic mass is 10.2. The zero-order valence-corrected chi connectivity index (χ0v) is 14.8. The fourth-order valence-corrected chi connectivity index (χ4v) is 3.37. The molecule has 0 atom stereocenters. The quantitative estimate of drug-likeness (QED) is 0.576. The first-order valence-electron chi connectivity index (χ1n) is 7.80. The lowest BCUT2D eigenvalue weighted by Crippen LogP contribution is -2.15. The Morgan fingerprint density at radius 2 is 1.96 bits per heavy atom. The molecule has 0 unspecified atom stereocenters. The van der Waals surface area contributed by atoms with Gasteiger partial charge in [-0.2, -0.15) is 4.98 Å². The van der Waals surface area contributed by atoms with E-state index in [0.717, 1.165) is 29.1 Å². The lowest BCUT2D eigenvalue weighted by molar-refractivity contribution is 0.102. The van der Waals surface area contributed by atoms with Crippen molar-refractivity contribution in [1.29, 1.82) is 0 Å². The molecule has 6 nitrogen and oxygen atoms in total. The maximum Gasteiger partial charge on any atom is 0.261 e. The molecule has 1 N–H and O–H groups in total. The van der Waals surface area contributed by atoms with Crippen molar-refractivity contribution in [3.8, 4) is 17.0 Å². The molecule has 4 aromatic rings. The maximum absolute atomic E-state index is 13.7. The Morgan fingerprint density at radius 3 is 2.67 bits per heavy atom. The first-order chi connectivity index (χ1) is 13.0. The van der Waals surface area contributed by atoms with E-state index in [1.807, 2.05) is 29.6 Å². The van der Waals surface area contributed by atoms with Crippen LogP contribution in [0.4, 0.5) is 14.7 Å². The number of methoxy groups -OCH3 is 1. The Morgan fingerprint density at radius 1 is 1.19 bits per heavy atom. The van der Waals surface area contributed by atoms with Gasteiger partial charge in [0.05, 0.1) is 18.4 Å². The van der Waals surface area contributed by atoms with Crippen LogP contribution in [0.25, 0.3) is 16.2 Å². The lowest BCUT2D eigenvalue weighted by Gasteiger charge is -2.03. The molecule has 27 heavy (non-hydrogen) atoms. The minimum Gasteiger partial charge on any atom is -0.497 e. The van der Waals surface area contributed by atoms with E-state index in [2.05, 4.69) is 15.4 Å². The van der Waals surface area contributed by atoms with Crippen LogP contribution in [0.1, 0.15) is 10.4 Å². The molecule has 4 rings (SSSR count). The molecule has 0 fully saturated rings. The van der Waals surface area contributed by atoms with Gasteiger partial charge in [0.2, 0.25) is 4.96 Å². The van der Waals surface area contributed by atoms with Crippen molar-refractivity contribution in [2.24, 2.45) is 0 Å². The van der Waals surface area contributed by atoms with Gasteiger partial charge in [-0.05, 0) is 36.4 Å². The van der Waals surface area contributed by atoms with Crippen molar-refractivity contribution in [1.82, 2.24) is 14.6 Å². The minimum atomic E-state index is -0.951. The van der Waals surface area contributed by atoms with E-state index in [0.29, 0.717) is 11.0 Å². The summed E-state index contributed by atoms with van der Waals surface area (Å²) in [5.41, 5.74) is 1.40. The van der Waals surface area contributed by atoms with Crippen LogP contribution in [0.15, 0.2) is 47.8 Å². The standard InChI is InChI=1S/C18H12F2N4O2S/c1-26-12-5-2-10(3-6-12)15-9-27-18-22-17(23-24(15)18)21-16(25)13-7-4-11(19)8-14(13)20/h2-9H,1H3,(H,21,23,25). The number of benzene rings is 2. The third kappa shape index (κ3) is 3.24. The van der Waals surface area contributed by atoms with Gasteiger partial charge in [0.15, 0.2) is 0 Å². The number of amides is 1. The van der Waals surface area contributed by atoms with Gasteiger partial charge in [-0.1, -0.05) is 0 Å². The fraction of sp³-hybridized carbons (Fsp3) is 0.0556. The van der Waals surface area contributed by atoms with Crippen LogP contribution in [0.5, 0.6) is 5.75 Å². The highest BCUT2D eigenvalue weighted by Gasteiger charge is 2.17. The SMILES string of the molecule is COc1ccc(-c2csc3nc(NC(=O)c4ccc(F)cc4F)nn23)cc1. The molecular weight excluding hydrogens is 374 g/mol. The highest BCUT2D eigenvalue weighted by Crippen LogP contribution is 2.27. The number of rotatable bonds is 4. The molecule has 0 spiro atoms. The molecule has 0 radical (unpaired) electrons. The summed E-state index contributed by atoms with van der Waals surface area (Å²) < 4.78 is 33.5. The molecule has 1 amide bonds. The van der Waals surface area contributed by atoms with Gasteiger partial charge >= 0.3 is 0 Å². The first-order valence-corrected chi connectivity index (χ1v) is 8.68. The van der Waals surface area contributed by atoms with E-state index >= 15 is 0 Å².